The summed E-state index contributed by atoms with van der Waals surface area (Å²) in [5.74, 6) is -0.145. The summed E-state index contributed by atoms with van der Waals surface area (Å²) in [7, 11) is -3.47. The average Bonchev–Trinajstić information content (AvgIpc) is 2.44. The first-order valence-electron chi connectivity index (χ1n) is 4.52. The maximum Gasteiger partial charge on any atom is 0.214 e. The summed E-state index contributed by atoms with van der Waals surface area (Å²) < 4.78 is 23.5. The summed E-state index contributed by atoms with van der Waals surface area (Å²) in [4.78, 5) is 0. The van der Waals surface area contributed by atoms with Gasteiger partial charge in [-0.15, -0.1) is 0 Å². The Morgan fingerprint density at radius 2 is 2.14 bits per heavy atom. The van der Waals surface area contributed by atoms with Gasteiger partial charge in [0.15, 0.2) is 0 Å². The van der Waals surface area contributed by atoms with Crippen LogP contribution < -0.4 is 5.14 Å². The Morgan fingerprint density at radius 3 is 2.57 bits per heavy atom. The van der Waals surface area contributed by atoms with Gasteiger partial charge < -0.3 is 0 Å². The zero-order valence-electron chi connectivity index (χ0n) is 8.40. The molecule has 1 rings (SSSR count). The topological polar surface area (TPSA) is 78.0 Å². The van der Waals surface area contributed by atoms with Gasteiger partial charge in [0.05, 0.1) is 11.4 Å². The maximum atomic E-state index is 10.9. The molecule has 0 atom stereocenters. The van der Waals surface area contributed by atoms with Crippen molar-refractivity contribution < 1.29 is 8.42 Å². The molecule has 0 saturated heterocycles. The number of rotatable bonds is 4. The third kappa shape index (κ3) is 2.81. The van der Waals surface area contributed by atoms with E-state index in [1.54, 1.807) is 10.7 Å². The molecule has 0 spiro atoms. The fraction of sp³-hybridized carbons (Fsp3) is 0.625. The number of aromatic nitrogens is 2. The van der Waals surface area contributed by atoms with Crippen molar-refractivity contribution >= 4 is 10.0 Å². The Kier molecular flexibility index (Phi) is 3.28. The third-order valence-corrected chi connectivity index (χ3v) is 2.62. The molecule has 0 saturated carbocycles. The summed E-state index contributed by atoms with van der Waals surface area (Å²) in [6.07, 6.45) is 0.796. The smallest absolute Gasteiger partial charge is 0.214 e. The van der Waals surface area contributed by atoms with Gasteiger partial charge in [-0.25, -0.2) is 13.6 Å². The number of nitrogens with zero attached hydrogens (tertiary/aromatic N) is 2. The van der Waals surface area contributed by atoms with Crippen molar-refractivity contribution in [3.8, 4) is 0 Å². The molecule has 0 aliphatic rings. The fourth-order valence-electron chi connectivity index (χ4n) is 1.28. The van der Waals surface area contributed by atoms with Crippen LogP contribution in [-0.2, 0) is 28.7 Å². The van der Waals surface area contributed by atoms with Crippen molar-refractivity contribution in [1.29, 1.82) is 0 Å². The van der Waals surface area contributed by atoms with Crippen molar-refractivity contribution in [3.05, 3.63) is 17.5 Å². The molecule has 0 aliphatic carbocycles. The molecule has 0 aliphatic heterocycles. The fourth-order valence-corrected chi connectivity index (χ4v) is 1.93. The van der Waals surface area contributed by atoms with E-state index >= 15 is 0 Å². The molecule has 1 aromatic heterocycles. The monoisotopic (exact) mass is 217 g/mol. The molecule has 6 heteroatoms. The van der Waals surface area contributed by atoms with Crippen LogP contribution >= 0.6 is 0 Å². The molecule has 0 fully saturated rings. The molecule has 0 amide bonds. The van der Waals surface area contributed by atoms with E-state index in [4.69, 9.17) is 5.14 Å². The number of hydrogen-bond donors (Lipinski definition) is 1. The second-order valence-electron chi connectivity index (χ2n) is 3.10. The van der Waals surface area contributed by atoms with Gasteiger partial charge in [0.1, 0.15) is 5.75 Å². The molecule has 5 nitrogen and oxygen atoms in total. The molecule has 1 aromatic rings. The highest BCUT2D eigenvalue weighted by Crippen LogP contribution is 2.08. The van der Waals surface area contributed by atoms with Gasteiger partial charge >= 0.3 is 0 Å². The number of nitrogens with two attached hydrogens (primary N) is 1. The van der Waals surface area contributed by atoms with Crippen LogP contribution in [0.15, 0.2) is 6.07 Å². The number of sulfonamides is 1. The standard InChI is InChI=1S/C8H15N3O2S/c1-3-7-5-8(6-14(9,12)13)11(4-2)10-7/h5H,3-4,6H2,1-2H3,(H2,9,12,13). The van der Waals surface area contributed by atoms with E-state index in [0.717, 1.165) is 12.1 Å². The number of hydrogen-bond acceptors (Lipinski definition) is 3. The first kappa shape index (κ1) is 11.2. The van der Waals surface area contributed by atoms with Gasteiger partial charge in [0.2, 0.25) is 10.0 Å². The Labute approximate surface area is 84.0 Å². The van der Waals surface area contributed by atoms with E-state index in [1.807, 2.05) is 13.8 Å². The van der Waals surface area contributed by atoms with Crippen molar-refractivity contribution in [2.75, 3.05) is 0 Å². The van der Waals surface area contributed by atoms with E-state index < -0.39 is 10.0 Å². The highest BCUT2D eigenvalue weighted by Gasteiger charge is 2.11. The van der Waals surface area contributed by atoms with E-state index in [9.17, 15) is 8.42 Å². The first-order chi connectivity index (χ1) is 6.46. The SMILES string of the molecule is CCc1cc(CS(N)(=O)=O)n(CC)n1. The molecule has 0 radical (unpaired) electrons. The molecule has 0 unspecified atom stereocenters. The lowest BCUT2D eigenvalue weighted by atomic mass is 10.3. The quantitative estimate of drug-likeness (QED) is 0.785. The predicted octanol–water partition coefficient (Wildman–Crippen LogP) is 0.254. The maximum absolute atomic E-state index is 10.9. The lowest BCUT2D eigenvalue weighted by Crippen LogP contribution is -2.17. The highest BCUT2D eigenvalue weighted by molar-refractivity contribution is 7.88. The lowest BCUT2D eigenvalue weighted by molar-refractivity contribution is 0.586. The summed E-state index contributed by atoms with van der Waals surface area (Å²) in [6, 6.07) is 1.79. The molecular weight excluding hydrogens is 202 g/mol. The molecule has 14 heavy (non-hydrogen) atoms. The summed E-state index contributed by atoms with van der Waals surface area (Å²) >= 11 is 0. The Bertz CT molecular complexity index is 408. The molecule has 80 valence electrons. The van der Waals surface area contributed by atoms with E-state index in [1.165, 1.54) is 0 Å². The summed E-state index contributed by atoms with van der Waals surface area (Å²) in [5, 5.41) is 9.20. The van der Waals surface area contributed by atoms with Crippen LogP contribution in [0.2, 0.25) is 0 Å². The third-order valence-electron chi connectivity index (χ3n) is 1.92. The van der Waals surface area contributed by atoms with Crippen LogP contribution in [0.25, 0.3) is 0 Å². The minimum Gasteiger partial charge on any atom is -0.269 e. The van der Waals surface area contributed by atoms with Crippen molar-refractivity contribution in [1.82, 2.24) is 9.78 Å². The number of aryl methyl sites for hydroxylation is 2. The highest BCUT2D eigenvalue weighted by atomic mass is 32.2. The van der Waals surface area contributed by atoms with Crippen molar-refractivity contribution in [2.24, 2.45) is 5.14 Å². The second kappa shape index (κ2) is 4.10. The van der Waals surface area contributed by atoms with Crippen LogP contribution in [0.4, 0.5) is 0 Å². The van der Waals surface area contributed by atoms with Gasteiger partial charge in [-0.3, -0.25) is 4.68 Å². The molecule has 1 heterocycles. The molecule has 0 bridgehead atoms. The Morgan fingerprint density at radius 1 is 1.50 bits per heavy atom. The van der Waals surface area contributed by atoms with Crippen LogP contribution in [-0.4, -0.2) is 18.2 Å². The van der Waals surface area contributed by atoms with Crippen molar-refractivity contribution in [3.63, 3.8) is 0 Å². The zero-order valence-corrected chi connectivity index (χ0v) is 9.21. The Balaban J connectivity index is 3.01. The molecule has 0 aromatic carbocycles. The zero-order chi connectivity index (χ0) is 10.8. The summed E-state index contributed by atoms with van der Waals surface area (Å²) in [5.41, 5.74) is 1.55. The number of primary sulfonamides is 1. The summed E-state index contributed by atoms with van der Waals surface area (Å²) in [6.45, 7) is 4.55. The molecule has 2 N–H and O–H groups in total. The van der Waals surface area contributed by atoms with Crippen molar-refractivity contribution in [2.45, 2.75) is 32.6 Å². The minimum absolute atomic E-state index is 0.145. The normalized spacial score (nSPS) is 11.9. The predicted molar refractivity (Wildman–Crippen MR) is 54.1 cm³/mol. The van der Waals surface area contributed by atoms with Gasteiger partial charge in [-0.2, -0.15) is 5.10 Å². The lowest BCUT2D eigenvalue weighted by Gasteiger charge is -2.01. The van der Waals surface area contributed by atoms with E-state index in [0.29, 0.717) is 12.2 Å². The average molecular weight is 217 g/mol. The minimum atomic E-state index is -3.47. The van der Waals surface area contributed by atoms with Crippen LogP contribution in [0.5, 0.6) is 0 Å². The van der Waals surface area contributed by atoms with Gasteiger partial charge in [-0.05, 0) is 19.4 Å². The first-order valence-corrected chi connectivity index (χ1v) is 6.24. The van der Waals surface area contributed by atoms with Crippen LogP contribution in [0, 0.1) is 0 Å². The van der Waals surface area contributed by atoms with E-state index in [-0.39, 0.29) is 5.75 Å². The van der Waals surface area contributed by atoms with Gasteiger partial charge in [-0.1, -0.05) is 6.92 Å². The van der Waals surface area contributed by atoms with Crippen LogP contribution in [0.3, 0.4) is 0 Å². The van der Waals surface area contributed by atoms with Gasteiger partial charge in [0.25, 0.3) is 0 Å². The van der Waals surface area contributed by atoms with Gasteiger partial charge in [0, 0.05) is 6.54 Å². The molecular formula is C8H15N3O2S. The van der Waals surface area contributed by atoms with E-state index in [2.05, 4.69) is 5.10 Å². The van der Waals surface area contributed by atoms with Crippen LogP contribution in [0.1, 0.15) is 25.2 Å². The second-order valence-corrected chi connectivity index (χ2v) is 4.72. The largest absolute Gasteiger partial charge is 0.269 e. The Hall–Kier alpha value is -0.880.